The summed E-state index contributed by atoms with van der Waals surface area (Å²) in [6, 6.07) is -1.19. The molecule has 0 saturated heterocycles. The first-order valence-corrected chi connectivity index (χ1v) is 6.53. The van der Waals surface area contributed by atoms with Crippen molar-refractivity contribution in [1.82, 2.24) is 9.03 Å². The molecular weight excluding hydrogens is 259 g/mol. The molecule has 0 aliphatic rings. The van der Waals surface area contributed by atoms with Gasteiger partial charge in [-0.1, -0.05) is 0 Å². The van der Waals surface area contributed by atoms with E-state index in [1.807, 2.05) is 4.72 Å². The van der Waals surface area contributed by atoms with E-state index in [-0.39, 0.29) is 6.54 Å². The zero-order chi connectivity index (χ0) is 13.7. The van der Waals surface area contributed by atoms with Crippen molar-refractivity contribution in [2.75, 3.05) is 20.1 Å². The molecule has 1 unspecified atom stereocenters. The molecule has 0 aliphatic heterocycles. The van der Waals surface area contributed by atoms with Crippen LogP contribution in [-0.4, -0.2) is 45.1 Å². The summed E-state index contributed by atoms with van der Waals surface area (Å²) in [4.78, 5) is 0. The fourth-order valence-electron chi connectivity index (χ4n) is 1.17. The molecule has 1 atom stereocenters. The highest BCUT2D eigenvalue weighted by Gasteiger charge is 2.32. The Morgan fingerprint density at radius 1 is 1.41 bits per heavy atom. The van der Waals surface area contributed by atoms with Crippen LogP contribution in [0.4, 0.5) is 13.2 Å². The van der Waals surface area contributed by atoms with E-state index in [9.17, 15) is 21.6 Å². The van der Waals surface area contributed by atoms with Crippen LogP contribution in [0.1, 0.15) is 19.8 Å². The summed E-state index contributed by atoms with van der Waals surface area (Å²) in [7, 11) is -2.59. The molecule has 9 heteroatoms. The standard InChI is InChI=1S/C8H18F3N3O2S/c1-7(6-8(9,10)11)13-17(15,16)14(2)5-3-4-12/h7,13H,3-6,12H2,1-2H3. The van der Waals surface area contributed by atoms with Crippen LogP contribution in [0.15, 0.2) is 0 Å². The number of nitrogens with zero attached hydrogens (tertiary/aromatic N) is 1. The largest absolute Gasteiger partial charge is 0.390 e. The summed E-state index contributed by atoms with van der Waals surface area (Å²) in [5.74, 6) is 0. The third-order valence-corrected chi connectivity index (χ3v) is 3.68. The van der Waals surface area contributed by atoms with Gasteiger partial charge in [0.05, 0.1) is 6.42 Å². The maximum atomic E-state index is 12.0. The monoisotopic (exact) mass is 277 g/mol. The van der Waals surface area contributed by atoms with Gasteiger partial charge in [0.2, 0.25) is 0 Å². The zero-order valence-electron chi connectivity index (χ0n) is 9.79. The van der Waals surface area contributed by atoms with E-state index in [1.165, 1.54) is 14.0 Å². The molecule has 0 saturated carbocycles. The van der Waals surface area contributed by atoms with Gasteiger partial charge in [0, 0.05) is 19.6 Å². The molecule has 0 bridgehead atoms. The normalized spacial score (nSPS) is 15.2. The van der Waals surface area contributed by atoms with Crippen molar-refractivity contribution in [3.8, 4) is 0 Å². The Morgan fingerprint density at radius 2 is 1.94 bits per heavy atom. The smallest absolute Gasteiger partial charge is 0.330 e. The lowest BCUT2D eigenvalue weighted by Crippen LogP contribution is -2.44. The molecule has 0 aromatic carbocycles. The van der Waals surface area contributed by atoms with Gasteiger partial charge in [-0.25, -0.2) is 0 Å². The second-order valence-electron chi connectivity index (χ2n) is 3.81. The Bertz CT molecular complexity index is 318. The van der Waals surface area contributed by atoms with Crippen LogP contribution in [0.25, 0.3) is 0 Å². The van der Waals surface area contributed by atoms with E-state index >= 15 is 0 Å². The average molecular weight is 277 g/mol. The minimum Gasteiger partial charge on any atom is -0.330 e. The Kier molecular flexibility index (Phi) is 6.38. The molecule has 0 heterocycles. The Balaban J connectivity index is 4.34. The highest BCUT2D eigenvalue weighted by atomic mass is 32.2. The summed E-state index contributed by atoms with van der Waals surface area (Å²) < 4.78 is 62.0. The second-order valence-corrected chi connectivity index (χ2v) is 5.62. The fourth-order valence-corrected chi connectivity index (χ4v) is 2.31. The molecule has 0 spiro atoms. The highest BCUT2D eigenvalue weighted by molar-refractivity contribution is 7.87. The number of alkyl halides is 3. The minimum atomic E-state index is -4.39. The molecule has 0 amide bonds. The molecule has 3 N–H and O–H groups in total. The van der Waals surface area contributed by atoms with Crippen molar-refractivity contribution in [3.63, 3.8) is 0 Å². The Hall–Kier alpha value is -0.380. The Morgan fingerprint density at radius 3 is 2.35 bits per heavy atom. The summed E-state index contributed by atoms with van der Waals surface area (Å²) in [6.45, 7) is 1.66. The first-order valence-electron chi connectivity index (χ1n) is 5.09. The molecule has 5 nitrogen and oxygen atoms in total. The maximum Gasteiger partial charge on any atom is 0.390 e. The van der Waals surface area contributed by atoms with Crippen LogP contribution in [0.5, 0.6) is 0 Å². The first kappa shape index (κ1) is 16.6. The highest BCUT2D eigenvalue weighted by Crippen LogP contribution is 2.21. The maximum absolute atomic E-state index is 12.0. The lowest BCUT2D eigenvalue weighted by Gasteiger charge is -2.21. The molecule has 0 aromatic rings. The third kappa shape index (κ3) is 7.53. The lowest BCUT2D eigenvalue weighted by molar-refractivity contribution is -0.137. The van der Waals surface area contributed by atoms with E-state index in [1.54, 1.807) is 0 Å². The number of nitrogens with one attached hydrogen (secondary N) is 1. The topological polar surface area (TPSA) is 75.4 Å². The molecule has 0 fully saturated rings. The van der Waals surface area contributed by atoms with Crippen LogP contribution in [0.3, 0.4) is 0 Å². The zero-order valence-corrected chi connectivity index (χ0v) is 10.6. The number of hydrogen-bond acceptors (Lipinski definition) is 3. The van der Waals surface area contributed by atoms with Gasteiger partial charge in [0.1, 0.15) is 0 Å². The van der Waals surface area contributed by atoms with Crippen LogP contribution in [0, 0.1) is 0 Å². The van der Waals surface area contributed by atoms with Crippen molar-refractivity contribution in [1.29, 1.82) is 0 Å². The van der Waals surface area contributed by atoms with Crippen LogP contribution in [0.2, 0.25) is 0 Å². The van der Waals surface area contributed by atoms with E-state index in [0.29, 0.717) is 13.0 Å². The van der Waals surface area contributed by atoms with Crippen LogP contribution in [-0.2, 0) is 10.2 Å². The lowest BCUT2D eigenvalue weighted by atomic mass is 10.2. The predicted molar refractivity (Wildman–Crippen MR) is 58.5 cm³/mol. The molecule has 104 valence electrons. The van der Waals surface area contributed by atoms with Crippen molar-refractivity contribution in [3.05, 3.63) is 0 Å². The summed E-state index contributed by atoms with van der Waals surface area (Å²) in [5, 5.41) is 0. The SMILES string of the molecule is CC(CC(F)(F)F)NS(=O)(=O)N(C)CCCN. The fraction of sp³-hybridized carbons (Fsp3) is 1.00. The minimum absolute atomic E-state index is 0.171. The predicted octanol–water partition coefficient (Wildman–Crippen LogP) is 0.442. The molecular formula is C8H18F3N3O2S. The van der Waals surface area contributed by atoms with Gasteiger partial charge in [-0.05, 0) is 19.9 Å². The van der Waals surface area contributed by atoms with Crippen molar-refractivity contribution in [2.45, 2.75) is 32.0 Å². The quantitative estimate of drug-likeness (QED) is 0.709. The van der Waals surface area contributed by atoms with E-state index < -0.39 is 28.8 Å². The van der Waals surface area contributed by atoms with Crippen molar-refractivity contribution in [2.24, 2.45) is 5.73 Å². The van der Waals surface area contributed by atoms with E-state index in [4.69, 9.17) is 5.73 Å². The molecule has 0 radical (unpaired) electrons. The van der Waals surface area contributed by atoms with E-state index in [0.717, 1.165) is 4.31 Å². The number of hydrogen-bond donors (Lipinski definition) is 2. The van der Waals surface area contributed by atoms with Gasteiger partial charge in [-0.2, -0.15) is 30.6 Å². The Labute approximate surface area is 99.3 Å². The van der Waals surface area contributed by atoms with Crippen molar-refractivity contribution >= 4 is 10.2 Å². The third-order valence-electron chi connectivity index (χ3n) is 1.98. The van der Waals surface area contributed by atoms with Gasteiger partial charge in [0.25, 0.3) is 10.2 Å². The summed E-state index contributed by atoms with van der Waals surface area (Å²) in [5.41, 5.74) is 5.21. The van der Waals surface area contributed by atoms with Gasteiger partial charge in [-0.15, -0.1) is 0 Å². The molecule has 17 heavy (non-hydrogen) atoms. The van der Waals surface area contributed by atoms with Gasteiger partial charge in [-0.3, -0.25) is 0 Å². The van der Waals surface area contributed by atoms with Gasteiger partial charge < -0.3 is 5.73 Å². The van der Waals surface area contributed by atoms with Gasteiger partial charge in [0.15, 0.2) is 0 Å². The number of rotatable bonds is 7. The number of halogens is 3. The molecule has 0 rings (SSSR count). The first-order chi connectivity index (χ1) is 7.58. The van der Waals surface area contributed by atoms with E-state index in [2.05, 4.69) is 0 Å². The average Bonchev–Trinajstić information content (AvgIpc) is 2.09. The molecule has 0 aromatic heterocycles. The van der Waals surface area contributed by atoms with Gasteiger partial charge >= 0.3 is 6.18 Å². The second kappa shape index (κ2) is 6.53. The van der Waals surface area contributed by atoms with Crippen LogP contribution >= 0.6 is 0 Å². The van der Waals surface area contributed by atoms with Crippen molar-refractivity contribution < 1.29 is 21.6 Å². The molecule has 0 aliphatic carbocycles. The summed E-state index contributed by atoms with van der Waals surface area (Å²) >= 11 is 0. The van der Waals surface area contributed by atoms with Crippen LogP contribution < -0.4 is 10.5 Å². The summed E-state index contributed by atoms with van der Waals surface area (Å²) in [6.07, 6.45) is -5.14. The number of nitrogens with two attached hydrogens (primary N) is 1.